The van der Waals surface area contributed by atoms with Crippen molar-refractivity contribution in [3.63, 3.8) is 0 Å². The summed E-state index contributed by atoms with van der Waals surface area (Å²) in [7, 11) is 4.42. The molecule has 0 aliphatic carbocycles. The SMILES string of the molecule is COc1ccc(S(=O)(=O)N2C(=O)C(c3ccccc3OC)(N3C[C@H](OC)C[C@H]3C(=O)N(C)C)c3cc(Cl)ccc32)c(OC)c1. The van der Waals surface area contributed by atoms with Gasteiger partial charge in [-0.05, 0) is 42.8 Å². The molecule has 13 heteroatoms. The summed E-state index contributed by atoms with van der Waals surface area (Å²) >= 11 is 6.57. The minimum Gasteiger partial charge on any atom is -0.497 e. The second-order valence-corrected chi connectivity index (χ2v) is 12.8. The van der Waals surface area contributed by atoms with Crippen LogP contribution in [-0.2, 0) is 29.9 Å². The first-order valence-electron chi connectivity index (χ1n) is 13.7. The molecule has 0 bridgehead atoms. The highest BCUT2D eigenvalue weighted by Gasteiger charge is 2.64. The fourth-order valence-electron chi connectivity index (χ4n) is 6.18. The monoisotopic (exact) mass is 643 g/mol. The molecule has 1 fully saturated rings. The zero-order chi connectivity index (χ0) is 32.0. The lowest BCUT2D eigenvalue weighted by atomic mass is 9.80. The smallest absolute Gasteiger partial charge is 0.274 e. The lowest BCUT2D eigenvalue weighted by molar-refractivity contribution is -0.138. The molecule has 3 aromatic rings. The number of likely N-dealkylation sites (tertiary alicyclic amines) is 1. The number of benzene rings is 3. The molecule has 2 heterocycles. The first-order chi connectivity index (χ1) is 21.0. The summed E-state index contributed by atoms with van der Waals surface area (Å²) in [6.45, 7) is 0.135. The second kappa shape index (κ2) is 11.9. The molecule has 1 unspecified atom stereocenters. The van der Waals surface area contributed by atoms with E-state index in [4.69, 9.17) is 30.5 Å². The van der Waals surface area contributed by atoms with Gasteiger partial charge in [-0.25, -0.2) is 12.7 Å². The molecule has 234 valence electrons. The number of rotatable bonds is 9. The third-order valence-corrected chi connectivity index (χ3v) is 10.2. The molecule has 2 aliphatic heterocycles. The van der Waals surface area contributed by atoms with Crippen molar-refractivity contribution in [1.82, 2.24) is 9.80 Å². The topological polar surface area (TPSA) is 115 Å². The van der Waals surface area contributed by atoms with Gasteiger partial charge >= 0.3 is 0 Å². The molecule has 2 amide bonds. The summed E-state index contributed by atoms with van der Waals surface area (Å²) in [6.07, 6.45) is -0.162. The normalized spacial score (nSPS) is 21.7. The summed E-state index contributed by atoms with van der Waals surface area (Å²) < 4.78 is 52.2. The molecule has 3 atom stereocenters. The highest BCUT2D eigenvalue weighted by molar-refractivity contribution is 7.93. The Labute approximate surface area is 261 Å². The van der Waals surface area contributed by atoms with E-state index in [9.17, 15) is 13.2 Å². The average molecular weight is 644 g/mol. The molecule has 5 rings (SSSR count). The van der Waals surface area contributed by atoms with Crippen molar-refractivity contribution in [3.8, 4) is 17.2 Å². The highest BCUT2D eigenvalue weighted by Crippen LogP contribution is 2.55. The highest BCUT2D eigenvalue weighted by atomic mass is 35.5. The quantitative estimate of drug-likeness (QED) is 0.345. The molecule has 0 N–H and O–H groups in total. The lowest BCUT2D eigenvalue weighted by Gasteiger charge is -2.42. The number of fused-ring (bicyclic) bond motifs is 1. The first kappa shape index (κ1) is 31.6. The number of sulfonamides is 1. The number of carbonyl (C=O) groups excluding carboxylic acids is 2. The number of likely N-dealkylation sites (N-methyl/N-ethyl adjacent to an activating group) is 1. The molecule has 44 heavy (non-hydrogen) atoms. The van der Waals surface area contributed by atoms with E-state index in [1.165, 1.54) is 63.7 Å². The fourth-order valence-corrected chi connectivity index (χ4v) is 7.95. The van der Waals surface area contributed by atoms with Crippen molar-refractivity contribution in [2.24, 2.45) is 0 Å². The molecule has 0 radical (unpaired) electrons. The Morgan fingerprint density at radius 1 is 0.932 bits per heavy atom. The van der Waals surface area contributed by atoms with Crippen LogP contribution in [0.4, 0.5) is 5.69 Å². The summed E-state index contributed by atoms with van der Waals surface area (Å²) in [4.78, 5) is 32.0. The molecular formula is C31H34ClN3O8S. The van der Waals surface area contributed by atoms with Crippen molar-refractivity contribution >= 4 is 39.1 Å². The summed E-state index contributed by atoms with van der Waals surface area (Å²) in [5.74, 6) is -0.413. The van der Waals surface area contributed by atoms with Crippen LogP contribution in [0.3, 0.4) is 0 Å². The van der Waals surface area contributed by atoms with Gasteiger partial charge in [0.2, 0.25) is 5.91 Å². The second-order valence-electron chi connectivity index (χ2n) is 10.7. The lowest BCUT2D eigenvalue weighted by Crippen LogP contribution is -2.59. The number of anilines is 1. The van der Waals surface area contributed by atoms with Crippen LogP contribution in [0, 0.1) is 0 Å². The predicted molar refractivity (Wildman–Crippen MR) is 164 cm³/mol. The van der Waals surface area contributed by atoms with E-state index in [1.807, 2.05) is 0 Å². The first-order valence-corrected chi connectivity index (χ1v) is 15.5. The predicted octanol–water partition coefficient (Wildman–Crippen LogP) is 3.52. The van der Waals surface area contributed by atoms with Gasteiger partial charge in [-0.1, -0.05) is 29.8 Å². The summed E-state index contributed by atoms with van der Waals surface area (Å²) in [6, 6.07) is 14.8. The Morgan fingerprint density at radius 3 is 2.27 bits per heavy atom. The zero-order valence-corrected chi connectivity index (χ0v) is 26.8. The molecule has 0 saturated carbocycles. The molecule has 3 aromatic carbocycles. The van der Waals surface area contributed by atoms with Gasteiger partial charge in [-0.2, -0.15) is 0 Å². The van der Waals surface area contributed by atoms with Crippen LogP contribution in [0.5, 0.6) is 17.2 Å². The Hall–Kier alpha value is -3.84. The number of para-hydroxylation sites is 1. The Morgan fingerprint density at radius 2 is 1.64 bits per heavy atom. The van der Waals surface area contributed by atoms with E-state index in [0.29, 0.717) is 17.1 Å². The molecule has 1 saturated heterocycles. The molecule has 0 aromatic heterocycles. The standard InChI is InChI=1S/C31H34ClN3O8S/c1-33(2)29(36)25-16-21(41-4)18-34(25)31(22-9-7-8-10-26(22)42-5)23-15-19(32)11-13-24(23)35(30(31)37)44(38,39)28-14-12-20(40-3)17-27(28)43-6/h7-15,17,21,25H,16,18H2,1-6H3/t21-,25+,31?/m1/s1. The third-order valence-electron chi connectivity index (χ3n) is 8.20. The van der Waals surface area contributed by atoms with Crippen LogP contribution >= 0.6 is 11.6 Å². The van der Waals surface area contributed by atoms with Crippen LogP contribution in [0.25, 0.3) is 0 Å². The Balaban J connectivity index is 1.86. The van der Waals surface area contributed by atoms with Crippen molar-refractivity contribution in [2.45, 2.75) is 29.0 Å². The van der Waals surface area contributed by atoms with Gasteiger partial charge in [0.15, 0.2) is 5.54 Å². The van der Waals surface area contributed by atoms with Crippen molar-refractivity contribution < 1.29 is 37.0 Å². The number of amides is 2. The van der Waals surface area contributed by atoms with Gasteiger partial charge in [0, 0.05) is 50.0 Å². The number of methoxy groups -OCH3 is 4. The third kappa shape index (κ3) is 4.76. The number of hydrogen-bond acceptors (Lipinski definition) is 9. The van der Waals surface area contributed by atoms with E-state index in [-0.39, 0.29) is 45.8 Å². The number of ether oxygens (including phenoxy) is 4. The summed E-state index contributed by atoms with van der Waals surface area (Å²) in [5, 5.41) is 0.273. The van der Waals surface area contributed by atoms with E-state index in [0.717, 1.165) is 4.31 Å². The van der Waals surface area contributed by atoms with E-state index in [1.54, 1.807) is 49.3 Å². The number of halogens is 1. The minimum atomic E-state index is -4.62. The maximum absolute atomic E-state index is 15.3. The van der Waals surface area contributed by atoms with Crippen molar-refractivity contribution in [1.29, 1.82) is 0 Å². The maximum Gasteiger partial charge on any atom is 0.274 e. The number of nitrogens with zero attached hydrogens (tertiary/aromatic N) is 3. The van der Waals surface area contributed by atoms with Gasteiger partial charge in [0.1, 0.15) is 22.1 Å². The van der Waals surface area contributed by atoms with Gasteiger partial charge in [-0.15, -0.1) is 0 Å². The fraction of sp³-hybridized carbons (Fsp3) is 0.355. The van der Waals surface area contributed by atoms with E-state index < -0.39 is 33.6 Å². The molecule has 0 spiro atoms. The molecule has 11 nitrogen and oxygen atoms in total. The van der Waals surface area contributed by atoms with Crippen molar-refractivity contribution in [3.05, 3.63) is 76.8 Å². The summed E-state index contributed by atoms with van der Waals surface area (Å²) in [5.41, 5.74) is -1.14. The largest absolute Gasteiger partial charge is 0.497 e. The van der Waals surface area contributed by atoms with E-state index >= 15 is 4.79 Å². The van der Waals surface area contributed by atoms with Crippen LogP contribution in [-0.4, -0.2) is 91.3 Å². The van der Waals surface area contributed by atoms with Gasteiger partial charge in [0.25, 0.3) is 15.9 Å². The van der Waals surface area contributed by atoms with Gasteiger partial charge in [0.05, 0.1) is 39.2 Å². The minimum absolute atomic E-state index is 0.0104. The molecule has 2 aliphatic rings. The Bertz CT molecular complexity index is 1720. The molecular weight excluding hydrogens is 610 g/mol. The zero-order valence-electron chi connectivity index (χ0n) is 25.2. The van der Waals surface area contributed by atoms with Crippen molar-refractivity contribution in [2.75, 3.05) is 53.4 Å². The van der Waals surface area contributed by atoms with Crippen LogP contribution in [0.1, 0.15) is 17.5 Å². The maximum atomic E-state index is 15.3. The number of carbonyl (C=O) groups is 2. The number of hydrogen-bond donors (Lipinski definition) is 0. The van der Waals surface area contributed by atoms with E-state index in [2.05, 4.69) is 0 Å². The van der Waals surface area contributed by atoms with Crippen LogP contribution < -0.4 is 18.5 Å². The van der Waals surface area contributed by atoms with Crippen LogP contribution in [0.2, 0.25) is 5.02 Å². The van der Waals surface area contributed by atoms with Crippen LogP contribution in [0.15, 0.2) is 65.6 Å². The van der Waals surface area contributed by atoms with Gasteiger partial charge in [-0.3, -0.25) is 14.5 Å². The Kier molecular flexibility index (Phi) is 8.56. The average Bonchev–Trinajstić information content (AvgIpc) is 3.57. The van der Waals surface area contributed by atoms with Gasteiger partial charge < -0.3 is 23.8 Å².